The number of hydrogen-bond donors (Lipinski definition) is 0. The maximum Gasteiger partial charge on any atom is 0.508 e. The first-order valence-electron chi connectivity index (χ1n) is 6.26. The van der Waals surface area contributed by atoms with Gasteiger partial charge in [0.15, 0.2) is 6.61 Å². The van der Waals surface area contributed by atoms with Gasteiger partial charge < -0.3 is 9.47 Å². The second-order valence-corrected chi connectivity index (χ2v) is 4.80. The molecule has 0 aliphatic rings. The van der Waals surface area contributed by atoms with Crippen molar-refractivity contribution in [2.24, 2.45) is 0 Å². The predicted molar refractivity (Wildman–Crippen MR) is 58.0 cm³/mol. The molecule has 14 heteroatoms. The Kier molecular flexibility index (Phi) is 6.60. The number of rotatable bonds is 7. The summed E-state index contributed by atoms with van der Waals surface area (Å²) in [7, 11) is 0. The minimum atomic E-state index is -7.54. The van der Waals surface area contributed by atoms with E-state index in [-0.39, 0.29) is 6.42 Å². The molecule has 1 unspecified atom stereocenters. The lowest BCUT2D eigenvalue weighted by molar-refractivity contribution is -0.423. The van der Waals surface area contributed by atoms with E-state index in [0.717, 1.165) is 0 Å². The summed E-state index contributed by atoms with van der Waals surface area (Å²) < 4.78 is 146. The molecule has 0 aromatic rings. The molecule has 0 saturated heterocycles. The molecule has 0 aliphatic heterocycles. The number of halogens is 11. The van der Waals surface area contributed by atoms with Gasteiger partial charge in [0.1, 0.15) is 6.10 Å². The van der Waals surface area contributed by atoms with E-state index in [9.17, 15) is 53.1 Å². The molecule has 0 bridgehead atoms. The summed E-state index contributed by atoms with van der Waals surface area (Å²) >= 11 is 0. The van der Waals surface area contributed by atoms with E-state index in [1.165, 1.54) is 13.8 Å². The third kappa shape index (κ3) is 4.37. The van der Waals surface area contributed by atoms with Crippen molar-refractivity contribution in [1.82, 2.24) is 0 Å². The van der Waals surface area contributed by atoms with Gasteiger partial charge in [0, 0.05) is 0 Å². The summed E-state index contributed by atoms with van der Waals surface area (Å²) in [6.45, 7) is -0.286. The topological polar surface area (TPSA) is 35.5 Å². The van der Waals surface area contributed by atoms with Gasteiger partial charge in [-0.1, -0.05) is 6.92 Å². The number of hydrogen-bond acceptors (Lipinski definition) is 3. The van der Waals surface area contributed by atoms with Crippen molar-refractivity contribution >= 4 is 6.16 Å². The standard InChI is InChI=1S/C11H11F11O3/c1-3-5(2)25-6(23)24-4-7(12,13)8(14,15)9(16,17)10(18,19)11(20,21)22/h5H,3-4H2,1-2H3. The van der Waals surface area contributed by atoms with Crippen LogP contribution in [0.5, 0.6) is 0 Å². The van der Waals surface area contributed by atoms with Crippen LogP contribution in [0.25, 0.3) is 0 Å². The van der Waals surface area contributed by atoms with Gasteiger partial charge in [0.05, 0.1) is 0 Å². The van der Waals surface area contributed by atoms with E-state index in [4.69, 9.17) is 0 Å². The Morgan fingerprint density at radius 2 is 1.28 bits per heavy atom. The third-order valence-electron chi connectivity index (χ3n) is 2.85. The lowest BCUT2D eigenvalue weighted by Gasteiger charge is -2.36. The van der Waals surface area contributed by atoms with Crippen LogP contribution in [0.1, 0.15) is 20.3 Å². The highest BCUT2D eigenvalue weighted by atomic mass is 19.4. The lowest BCUT2D eigenvalue weighted by Crippen LogP contribution is -2.67. The van der Waals surface area contributed by atoms with Gasteiger partial charge in [-0.05, 0) is 13.3 Å². The zero-order valence-electron chi connectivity index (χ0n) is 12.4. The van der Waals surface area contributed by atoms with Gasteiger partial charge in [0.25, 0.3) is 0 Å². The molecule has 0 aromatic heterocycles. The van der Waals surface area contributed by atoms with E-state index >= 15 is 0 Å². The highest BCUT2D eigenvalue weighted by Crippen LogP contribution is 2.57. The van der Waals surface area contributed by atoms with Crippen LogP contribution in [0, 0.1) is 0 Å². The number of alkyl halides is 11. The van der Waals surface area contributed by atoms with Gasteiger partial charge >= 0.3 is 36.0 Å². The van der Waals surface area contributed by atoms with Crippen LogP contribution in [-0.4, -0.2) is 48.7 Å². The largest absolute Gasteiger partial charge is 0.508 e. The molecule has 0 amide bonds. The van der Waals surface area contributed by atoms with Crippen LogP contribution in [0.4, 0.5) is 53.1 Å². The molecule has 3 nitrogen and oxygen atoms in total. The minimum Gasteiger partial charge on any atom is -0.431 e. The van der Waals surface area contributed by atoms with Crippen LogP contribution in [0.15, 0.2) is 0 Å². The van der Waals surface area contributed by atoms with Crippen LogP contribution in [0.3, 0.4) is 0 Å². The van der Waals surface area contributed by atoms with Crippen molar-refractivity contribution in [3.05, 3.63) is 0 Å². The lowest BCUT2D eigenvalue weighted by atomic mass is 9.98. The third-order valence-corrected chi connectivity index (χ3v) is 2.85. The molecule has 25 heavy (non-hydrogen) atoms. The SMILES string of the molecule is CCC(C)OC(=O)OCC(F)(F)C(F)(F)C(F)(F)C(F)(F)C(F)(F)F. The Hall–Kier alpha value is -1.50. The van der Waals surface area contributed by atoms with Gasteiger partial charge in [0.2, 0.25) is 0 Å². The predicted octanol–water partition coefficient (Wildman–Crippen LogP) is 5.04. The molecule has 0 heterocycles. The highest BCUT2D eigenvalue weighted by Gasteiger charge is 2.87. The van der Waals surface area contributed by atoms with Crippen LogP contribution >= 0.6 is 0 Å². The average molecular weight is 400 g/mol. The minimum absolute atomic E-state index is 0.109. The van der Waals surface area contributed by atoms with Crippen molar-refractivity contribution in [2.75, 3.05) is 6.61 Å². The summed E-state index contributed by atoms with van der Waals surface area (Å²) in [5, 5.41) is 0. The van der Waals surface area contributed by atoms with Crippen molar-refractivity contribution < 1.29 is 62.6 Å². The second-order valence-electron chi connectivity index (χ2n) is 4.80. The van der Waals surface area contributed by atoms with Crippen LogP contribution in [-0.2, 0) is 9.47 Å². The Morgan fingerprint density at radius 3 is 1.64 bits per heavy atom. The molecule has 0 radical (unpaired) electrons. The van der Waals surface area contributed by atoms with Crippen molar-refractivity contribution in [2.45, 2.75) is 56.2 Å². The first-order valence-corrected chi connectivity index (χ1v) is 6.26. The molecule has 0 saturated carbocycles. The Morgan fingerprint density at radius 1 is 0.840 bits per heavy atom. The number of carbonyl (C=O) groups is 1. The van der Waals surface area contributed by atoms with Crippen LogP contribution < -0.4 is 0 Å². The van der Waals surface area contributed by atoms with Gasteiger partial charge in [-0.25, -0.2) is 4.79 Å². The fourth-order valence-electron chi connectivity index (χ4n) is 1.13. The van der Waals surface area contributed by atoms with Crippen molar-refractivity contribution in [1.29, 1.82) is 0 Å². The quantitative estimate of drug-likeness (QED) is 0.444. The summed E-state index contributed by atoms with van der Waals surface area (Å²) in [6, 6.07) is 0. The van der Waals surface area contributed by atoms with Gasteiger partial charge in [-0.3, -0.25) is 0 Å². The van der Waals surface area contributed by atoms with Crippen LogP contribution in [0.2, 0.25) is 0 Å². The van der Waals surface area contributed by atoms with Crippen molar-refractivity contribution in [3.63, 3.8) is 0 Å². The normalized spacial score (nSPS) is 15.7. The summed E-state index contributed by atoms with van der Waals surface area (Å²) in [4.78, 5) is 10.9. The maximum absolute atomic E-state index is 13.1. The smallest absolute Gasteiger partial charge is 0.431 e. The van der Waals surface area contributed by atoms with E-state index < -0.39 is 48.7 Å². The molecule has 0 rings (SSSR count). The highest BCUT2D eigenvalue weighted by molar-refractivity contribution is 5.60. The monoisotopic (exact) mass is 400 g/mol. The summed E-state index contributed by atoms with van der Waals surface area (Å²) in [5.74, 6) is -28.5. The molecule has 0 N–H and O–H groups in total. The molecule has 0 aromatic carbocycles. The van der Waals surface area contributed by atoms with Gasteiger partial charge in [-0.15, -0.1) is 0 Å². The fraction of sp³-hybridized carbons (Fsp3) is 0.909. The molecule has 150 valence electrons. The summed E-state index contributed by atoms with van der Waals surface area (Å²) in [5.41, 5.74) is 0. The first-order chi connectivity index (χ1) is 10.8. The molecule has 0 aliphatic carbocycles. The number of carbonyl (C=O) groups excluding carboxylic acids is 1. The molecular formula is C11H11F11O3. The average Bonchev–Trinajstić information content (AvgIpc) is 2.43. The second kappa shape index (κ2) is 7.02. The van der Waals surface area contributed by atoms with E-state index in [1.54, 1.807) is 0 Å². The van der Waals surface area contributed by atoms with Gasteiger partial charge in [-0.2, -0.15) is 48.3 Å². The summed E-state index contributed by atoms with van der Waals surface area (Å²) in [6.07, 6.45) is -10.1. The number of ether oxygens (including phenoxy) is 2. The Labute approximate surface area is 133 Å². The Balaban J connectivity index is 5.43. The fourth-order valence-corrected chi connectivity index (χ4v) is 1.13. The van der Waals surface area contributed by atoms with Crippen molar-refractivity contribution in [3.8, 4) is 0 Å². The van der Waals surface area contributed by atoms with E-state index in [0.29, 0.717) is 0 Å². The maximum atomic E-state index is 13.1. The molecular weight excluding hydrogens is 389 g/mol. The zero-order chi connectivity index (χ0) is 20.5. The van der Waals surface area contributed by atoms with E-state index in [1.807, 2.05) is 0 Å². The van der Waals surface area contributed by atoms with E-state index in [2.05, 4.69) is 9.47 Å². The molecule has 0 spiro atoms. The Bertz CT molecular complexity index is 472. The first kappa shape index (κ1) is 23.5. The zero-order valence-corrected chi connectivity index (χ0v) is 12.4. The molecule has 0 fully saturated rings. The molecule has 1 atom stereocenters.